The lowest BCUT2D eigenvalue weighted by Crippen LogP contribution is -2.38. The fraction of sp³-hybridized carbons (Fsp3) is 0.556. The molecule has 0 amide bonds. The number of guanidine groups is 1. The Labute approximate surface area is 139 Å². The summed E-state index contributed by atoms with van der Waals surface area (Å²) in [5.41, 5.74) is 3.88. The Morgan fingerprint density at radius 2 is 1.87 bits per heavy atom. The molecule has 0 aliphatic heterocycles. The second kappa shape index (κ2) is 9.87. The van der Waals surface area contributed by atoms with Gasteiger partial charge >= 0.3 is 5.97 Å². The monoisotopic (exact) mass is 319 g/mol. The number of esters is 1. The molecule has 0 aromatic heterocycles. The molecular formula is C18H29N3O2. The first-order chi connectivity index (χ1) is 11.0. The van der Waals surface area contributed by atoms with Crippen molar-refractivity contribution in [1.82, 2.24) is 10.6 Å². The summed E-state index contributed by atoms with van der Waals surface area (Å²) in [7, 11) is 1.40. The van der Waals surface area contributed by atoms with Crippen LogP contribution in [-0.2, 0) is 16.0 Å². The van der Waals surface area contributed by atoms with Gasteiger partial charge in [0.1, 0.15) is 0 Å². The van der Waals surface area contributed by atoms with Crippen LogP contribution in [0.3, 0.4) is 0 Å². The van der Waals surface area contributed by atoms with Crippen molar-refractivity contribution >= 4 is 11.9 Å². The molecule has 0 bridgehead atoms. The molecular weight excluding hydrogens is 290 g/mol. The standard InChI is InChI=1S/C18H29N3O2/c1-6-19-18(21-12-15(4)17(22)23-5)20-8-7-16-10-13(2)9-14(3)11-16/h9-11,15H,6-8,12H2,1-5H3,(H2,19,20,21). The predicted octanol–water partition coefficient (Wildman–Crippen LogP) is 2.21. The zero-order chi connectivity index (χ0) is 17.2. The van der Waals surface area contributed by atoms with Gasteiger partial charge in [0.05, 0.1) is 19.6 Å². The van der Waals surface area contributed by atoms with Crippen molar-refractivity contribution < 1.29 is 9.53 Å². The van der Waals surface area contributed by atoms with Crippen molar-refractivity contribution in [1.29, 1.82) is 0 Å². The summed E-state index contributed by atoms with van der Waals surface area (Å²) in [5, 5.41) is 6.50. The van der Waals surface area contributed by atoms with Gasteiger partial charge in [0.15, 0.2) is 5.96 Å². The maximum absolute atomic E-state index is 11.4. The quantitative estimate of drug-likeness (QED) is 0.459. The third-order valence-electron chi connectivity index (χ3n) is 3.46. The van der Waals surface area contributed by atoms with Crippen LogP contribution in [-0.4, -0.2) is 38.7 Å². The molecule has 23 heavy (non-hydrogen) atoms. The molecule has 1 aromatic carbocycles. The summed E-state index contributed by atoms with van der Waals surface area (Å²) in [5.74, 6) is 0.252. The molecule has 0 saturated heterocycles. The summed E-state index contributed by atoms with van der Waals surface area (Å²) in [6.07, 6.45) is 0.930. The third-order valence-corrected chi connectivity index (χ3v) is 3.46. The summed E-state index contributed by atoms with van der Waals surface area (Å²) in [4.78, 5) is 15.9. The van der Waals surface area contributed by atoms with Gasteiger partial charge in [0, 0.05) is 13.1 Å². The first-order valence-corrected chi connectivity index (χ1v) is 8.13. The van der Waals surface area contributed by atoms with Crippen LogP contribution in [0.4, 0.5) is 0 Å². The number of carbonyl (C=O) groups excluding carboxylic acids is 1. The number of nitrogens with one attached hydrogen (secondary N) is 2. The molecule has 0 aliphatic rings. The minimum absolute atomic E-state index is 0.236. The van der Waals surface area contributed by atoms with Crippen LogP contribution in [0.5, 0.6) is 0 Å². The van der Waals surface area contributed by atoms with Gasteiger partial charge in [0.25, 0.3) is 0 Å². The van der Waals surface area contributed by atoms with E-state index in [0.717, 1.165) is 25.5 Å². The Balaban J connectivity index is 2.53. The molecule has 1 aromatic rings. The third kappa shape index (κ3) is 7.17. The topological polar surface area (TPSA) is 62.7 Å². The molecule has 128 valence electrons. The van der Waals surface area contributed by atoms with Gasteiger partial charge in [-0.3, -0.25) is 9.79 Å². The summed E-state index contributed by atoms with van der Waals surface area (Å²) in [6, 6.07) is 6.59. The van der Waals surface area contributed by atoms with E-state index < -0.39 is 0 Å². The molecule has 0 aliphatic carbocycles. The number of benzene rings is 1. The minimum Gasteiger partial charge on any atom is -0.469 e. The number of aliphatic imine (C=N–C) groups is 1. The molecule has 0 radical (unpaired) electrons. The van der Waals surface area contributed by atoms with Crippen molar-refractivity contribution in [3.63, 3.8) is 0 Å². The van der Waals surface area contributed by atoms with Crippen LogP contribution in [0.1, 0.15) is 30.5 Å². The van der Waals surface area contributed by atoms with Crippen LogP contribution in [0.2, 0.25) is 0 Å². The van der Waals surface area contributed by atoms with E-state index in [2.05, 4.69) is 47.7 Å². The van der Waals surface area contributed by atoms with Crippen LogP contribution in [0.25, 0.3) is 0 Å². The van der Waals surface area contributed by atoms with Crippen molar-refractivity contribution in [3.8, 4) is 0 Å². The molecule has 1 rings (SSSR count). The second-order valence-corrected chi connectivity index (χ2v) is 5.82. The minimum atomic E-state index is -0.241. The van der Waals surface area contributed by atoms with Crippen LogP contribution < -0.4 is 10.6 Å². The summed E-state index contributed by atoms with van der Waals surface area (Å²) < 4.78 is 4.72. The van der Waals surface area contributed by atoms with Crippen molar-refractivity contribution in [2.24, 2.45) is 10.9 Å². The van der Waals surface area contributed by atoms with Gasteiger partial charge in [-0.15, -0.1) is 0 Å². The maximum atomic E-state index is 11.4. The van der Waals surface area contributed by atoms with Gasteiger partial charge in [-0.05, 0) is 32.8 Å². The first kappa shape index (κ1) is 19.0. The number of ether oxygens (including phenoxy) is 1. The number of nitrogens with zero attached hydrogens (tertiary/aromatic N) is 1. The smallest absolute Gasteiger partial charge is 0.310 e. The molecule has 0 heterocycles. The molecule has 1 unspecified atom stereocenters. The number of rotatable bonds is 7. The summed E-state index contributed by atoms with van der Waals surface area (Å²) >= 11 is 0. The highest BCUT2D eigenvalue weighted by Gasteiger charge is 2.12. The first-order valence-electron chi connectivity index (χ1n) is 8.13. The normalized spacial score (nSPS) is 12.7. The molecule has 0 saturated carbocycles. The highest BCUT2D eigenvalue weighted by atomic mass is 16.5. The van der Waals surface area contributed by atoms with E-state index in [4.69, 9.17) is 4.74 Å². The lowest BCUT2D eigenvalue weighted by molar-refractivity contribution is -0.144. The lowest BCUT2D eigenvalue weighted by Gasteiger charge is -2.13. The zero-order valence-electron chi connectivity index (χ0n) is 14.9. The SMILES string of the molecule is CCNC(=NCC(C)C(=O)OC)NCCc1cc(C)cc(C)c1. The number of hydrogen-bond donors (Lipinski definition) is 2. The summed E-state index contributed by atoms with van der Waals surface area (Å²) in [6.45, 7) is 10.0. The second-order valence-electron chi connectivity index (χ2n) is 5.82. The average Bonchev–Trinajstić information content (AvgIpc) is 2.50. The van der Waals surface area contributed by atoms with E-state index in [1.165, 1.54) is 23.8 Å². The van der Waals surface area contributed by atoms with Crippen LogP contribution in [0.15, 0.2) is 23.2 Å². The van der Waals surface area contributed by atoms with Crippen molar-refractivity contribution in [3.05, 3.63) is 34.9 Å². The van der Waals surface area contributed by atoms with Crippen molar-refractivity contribution in [2.45, 2.75) is 34.1 Å². The molecule has 0 fully saturated rings. The molecule has 2 N–H and O–H groups in total. The van der Waals surface area contributed by atoms with Gasteiger partial charge in [-0.1, -0.05) is 36.2 Å². The Hall–Kier alpha value is -2.04. The Kier molecular flexibility index (Phi) is 8.16. The Morgan fingerprint density at radius 3 is 2.43 bits per heavy atom. The highest BCUT2D eigenvalue weighted by molar-refractivity contribution is 5.80. The van der Waals surface area contributed by atoms with E-state index in [0.29, 0.717) is 6.54 Å². The molecule has 0 spiro atoms. The van der Waals surface area contributed by atoms with E-state index >= 15 is 0 Å². The van der Waals surface area contributed by atoms with E-state index in [9.17, 15) is 4.79 Å². The largest absolute Gasteiger partial charge is 0.469 e. The average molecular weight is 319 g/mol. The van der Waals surface area contributed by atoms with Crippen LogP contribution in [0, 0.1) is 19.8 Å². The van der Waals surface area contributed by atoms with E-state index in [1.54, 1.807) is 0 Å². The van der Waals surface area contributed by atoms with Gasteiger partial charge < -0.3 is 15.4 Å². The van der Waals surface area contributed by atoms with Crippen LogP contribution >= 0.6 is 0 Å². The zero-order valence-corrected chi connectivity index (χ0v) is 14.9. The fourth-order valence-corrected chi connectivity index (χ4v) is 2.38. The van der Waals surface area contributed by atoms with E-state index in [-0.39, 0.29) is 11.9 Å². The van der Waals surface area contributed by atoms with Gasteiger partial charge in [0.2, 0.25) is 0 Å². The molecule has 5 nitrogen and oxygen atoms in total. The number of methoxy groups -OCH3 is 1. The Bertz CT molecular complexity index is 521. The fourth-order valence-electron chi connectivity index (χ4n) is 2.38. The maximum Gasteiger partial charge on any atom is 0.310 e. The highest BCUT2D eigenvalue weighted by Crippen LogP contribution is 2.09. The van der Waals surface area contributed by atoms with Gasteiger partial charge in [-0.25, -0.2) is 0 Å². The number of hydrogen-bond acceptors (Lipinski definition) is 3. The molecule has 1 atom stereocenters. The number of carbonyl (C=O) groups is 1. The molecule has 5 heteroatoms. The Morgan fingerprint density at radius 1 is 1.22 bits per heavy atom. The van der Waals surface area contributed by atoms with E-state index in [1.807, 2.05) is 13.8 Å². The van der Waals surface area contributed by atoms with Gasteiger partial charge in [-0.2, -0.15) is 0 Å². The predicted molar refractivity (Wildman–Crippen MR) is 94.8 cm³/mol. The lowest BCUT2D eigenvalue weighted by atomic mass is 10.1. The van der Waals surface area contributed by atoms with Crippen molar-refractivity contribution in [2.75, 3.05) is 26.7 Å². The number of aryl methyl sites for hydroxylation is 2.